The van der Waals surface area contributed by atoms with Gasteiger partial charge in [0, 0.05) is 25.5 Å². The molecule has 1 rings (SSSR count). The van der Waals surface area contributed by atoms with Gasteiger partial charge in [0.05, 0.1) is 16.3 Å². The second kappa shape index (κ2) is 6.60. The maximum Gasteiger partial charge on any atom is 0.252 e. The highest BCUT2D eigenvalue weighted by Crippen LogP contribution is 2.19. The third-order valence-electron chi connectivity index (χ3n) is 2.40. The molecule has 0 bridgehead atoms. The largest absolute Gasteiger partial charge is 0.351 e. The predicted molar refractivity (Wildman–Crippen MR) is 78.5 cm³/mol. The fourth-order valence-electron chi connectivity index (χ4n) is 1.26. The average molecular weight is 323 g/mol. The summed E-state index contributed by atoms with van der Waals surface area (Å²) in [6.07, 6.45) is 0. The summed E-state index contributed by atoms with van der Waals surface area (Å²) in [5, 5.41) is 2.81. The molecule has 8 heteroatoms. The lowest BCUT2D eigenvalue weighted by Crippen LogP contribution is -2.34. The van der Waals surface area contributed by atoms with E-state index >= 15 is 0 Å². The molecule has 5 nitrogen and oxygen atoms in total. The lowest BCUT2D eigenvalue weighted by Gasteiger charge is -2.12. The summed E-state index contributed by atoms with van der Waals surface area (Å²) in [5.41, 5.74) is 0.274. The number of halogens is 1. The van der Waals surface area contributed by atoms with Gasteiger partial charge in [-0.05, 0) is 18.2 Å². The van der Waals surface area contributed by atoms with Crippen molar-refractivity contribution in [3.05, 3.63) is 28.8 Å². The number of nitrogens with zero attached hydrogens (tertiary/aromatic N) is 1. The van der Waals surface area contributed by atoms with Crippen molar-refractivity contribution in [2.24, 2.45) is 0 Å². The molecule has 0 aromatic heterocycles. The molecule has 1 aromatic carbocycles. The number of amides is 1. The van der Waals surface area contributed by atoms with E-state index < -0.39 is 15.9 Å². The molecule has 0 heterocycles. The van der Waals surface area contributed by atoms with Crippen LogP contribution >= 0.6 is 24.2 Å². The Labute approximate surface area is 123 Å². The van der Waals surface area contributed by atoms with Gasteiger partial charge in [-0.15, -0.1) is 12.6 Å². The second-order valence-electron chi connectivity index (χ2n) is 4.02. The van der Waals surface area contributed by atoms with Gasteiger partial charge in [0.25, 0.3) is 5.91 Å². The van der Waals surface area contributed by atoms with Gasteiger partial charge in [-0.3, -0.25) is 4.79 Å². The number of nitrogens with one attached hydrogen (secondary N) is 1. The monoisotopic (exact) mass is 322 g/mol. The number of thiol groups is 1. The van der Waals surface area contributed by atoms with E-state index in [4.69, 9.17) is 11.6 Å². The third-order valence-corrected chi connectivity index (χ3v) is 4.84. The first kappa shape index (κ1) is 16.3. The Bertz CT molecular complexity index is 573. The highest BCUT2D eigenvalue weighted by Gasteiger charge is 2.15. The first-order chi connectivity index (χ1) is 8.74. The maximum absolute atomic E-state index is 11.8. The summed E-state index contributed by atoms with van der Waals surface area (Å²) in [4.78, 5) is 12.4. The van der Waals surface area contributed by atoms with Crippen molar-refractivity contribution in [1.82, 2.24) is 9.62 Å². The molecule has 0 unspecified atom stereocenters. The molecule has 19 heavy (non-hydrogen) atoms. The molecule has 0 aliphatic carbocycles. The molecule has 106 valence electrons. The topological polar surface area (TPSA) is 66.5 Å². The molecular formula is C11H15ClN2O3S2. The zero-order valence-electron chi connectivity index (χ0n) is 10.6. The van der Waals surface area contributed by atoms with Crippen LogP contribution < -0.4 is 5.32 Å². The highest BCUT2D eigenvalue weighted by atomic mass is 35.5. The number of sulfonamides is 1. The molecule has 0 aliphatic rings. The van der Waals surface area contributed by atoms with Gasteiger partial charge < -0.3 is 5.32 Å². The van der Waals surface area contributed by atoms with E-state index in [-0.39, 0.29) is 17.9 Å². The molecule has 1 N–H and O–H groups in total. The molecule has 0 fully saturated rings. The summed E-state index contributed by atoms with van der Waals surface area (Å²) < 4.78 is 24.1. The fraction of sp³-hybridized carbons (Fsp3) is 0.364. The van der Waals surface area contributed by atoms with Gasteiger partial charge in [-0.1, -0.05) is 11.6 Å². The van der Waals surface area contributed by atoms with Gasteiger partial charge in [0.2, 0.25) is 10.0 Å². The molecule has 0 saturated heterocycles. The third kappa shape index (κ3) is 4.68. The van der Waals surface area contributed by atoms with Crippen LogP contribution in [-0.4, -0.2) is 45.0 Å². The number of carbonyl (C=O) groups excluding carboxylic acids is 1. The predicted octanol–water partition coefficient (Wildman–Crippen LogP) is 1.25. The lowest BCUT2D eigenvalue weighted by molar-refractivity contribution is 0.0956. The number of rotatable bonds is 5. The normalized spacial score (nSPS) is 11.6. The Hall–Kier alpha value is -0.760. The van der Waals surface area contributed by atoms with E-state index in [9.17, 15) is 13.2 Å². The zero-order chi connectivity index (χ0) is 14.6. The highest BCUT2D eigenvalue weighted by molar-refractivity contribution is 7.89. The molecule has 1 aromatic rings. The maximum atomic E-state index is 11.8. The van der Waals surface area contributed by atoms with E-state index in [0.29, 0.717) is 9.92 Å². The zero-order valence-corrected chi connectivity index (χ0v) is 13.0. The van der Waals surface area contributed by atoms with Crippen LogP contribution in [0.5, 0.6) is 0 Å². The summed E-state index contributed by atoms with van der Waals surface area (Å²) in [5.74, 6) is -0.584. The van der Waals surface area contributed by atoms with E-state index in [1.807, 2.05) is 0 Å². The van der Waals surface area contributed by atoms with Crippen LogP contribution in [0.2, 0.25) is 5.02 Å². The van der Waals surface area contributed by atoms with Gasteiger partial charge in [0.15, 0.2) is 0 Å². The van der Waals surface area contributed by atoms with E-state index in [1.54, 1.807) is 12.1 Å². The van der Waals surface area contributed by atoms with Crippen molar-refractivity contribution in [2.45, 2.75) is 4.90 Å². The van der Waals surface area contributed by atoms with Crippen LogP contribution in [0, 0.1) is 0 Å². The lowest BCUT2D eigenvalue weighted by atomic mass is 10.2. The van der Waals surface area contributed by atoms with E-state index in [1.165, 1.54) is 20.2 Å². The Morgan fingerprint density at radius 2 is 2.05 bits per heavy atom. The van der Waals surface area contributed by atoms with Crippen LogP contribution in [0.15, 0.2) is 23.1 Å². The van der Waals surface area contributed by atoms with Gasteiger partial charge in [-0.2, -0.15) is 0 Å². The Kier molecular flexibility index (Phi) is 5.66. The summed E-state index contributed by atoms with van der Waals surface area (Å²) >= 11 is 10.0. The van der Waals surface area contributed by atoms with Crippen molar-refractivity contribution in [3.8, 4) is 0 Å². The molecule has 0 radical (unpaired) electrons. The number of carbonyl (C=O) groups is 1. The first-order valence-corrected chi connectivity index (χ1v) is 7.84. The van der Waals surface area contributed by atoms with Crippen LogP contribution in [0.1, 0.15) is 10.4 Å². The Morgan fingerprint density at radius 3 is 2.63 bits per heavy atom. The van der Waals surface area contributed by atoms with Crippen molar-refractivity contribution >= 4 is 40.2 Å². The molecule has 1 amide bonds. The van der Waals surface area contributed by atoms with Crippen LogP contribution in [0.3, 0.4) is 0 Å². The molecular weight excluding hydrogens is 308 g/mol. The van der Waals surface area contributed by atoms with Gasteiger partial charge >= 0.3 is 0 Å². The van der Waals surface area contributed by atoms with Crippen molar-refractivity contribution < 1.29 is 13.2 Å². The smallest absolute Gasteiger partial charge is 0.252 e. The number of hydrogen-bond acceptors (Lipinski definition) is 4. The number of benzene rings is 1. The summed E-state index contributed by atoms with van der Waals surface area (Å²) in [6.45, 7) is 0.0203. The molecule has 0 spiro atoms. The van der Waals surface area contributed by atoms with Crippen molar-refractivity contribution in [2.75, 3.05) is 26.4 Å². The van der Waals surface area contributed by atoms with E-state index in [0.717, 1.165) is 4.31 Å². The molecule has 0 saturated carbocycles. The fourth-order valence-corrected chi connectivity index (χ4v) is 2.39. The quantitative estimate of drug-likeness (QED) is 0.802. The van der Waals surface area contributed by atoms with Gasteiger partial charge in [0.1, 0.15) is 0 Å². The second-order valence-corrected chi connectivity index (χ2v) is 7.24. The minimum Gasteiger partial charge on any atom is -0.351 e. The Balaban J connectivity index is 2.64. The Morgan fingerprint density at radius 1 is 1.42 bits per heavy atom. The molecule has 0 aliphatic heterocycles. The molecule has 0 atom stereocenters. The van der Waals surface area contributed by atoms with E-state index in [2.05, 4.69) is 17.9 Å². The minimum absolute atomic E-state index is 0.0203. The van der Waals surface area contributed by atoms with Crippen molar-refractivity contribution in [3.63, 3.8) is 0 Å². The van der Waals surface area contributed by atoms with Crippen LogP contribution in [-0.2, 0) is 10.0 Å². The van der Waals surface area contributed by atoms with Crippen LogP contribution in [0.4, 0.5) is 0 Å². The number of hydrogen-bond donors (Lipinski definition) is 2. The SMILES string of the molecule is CN(C)S(=O)(=O)CCNC(=O)c1cc(S)ccc1Cl. The standard InChI is InChI=1S/C11H15ClN2O3S2/c1-14(2)19(16,17)6-5-13-11(15)9-7-8(18)3-4-10(9)12/h3-4,7,18H,5-6H2,1-2H3,(H,13,15). The van der Waals surface area contributed by atoms with Crippen molar-refractivity contribution in [1.29, 1.82) is 0 Å². The summed E-state index contributed by atoms with van der Waals surface area (Å²) in [7, 11) is -0.438. The average Bonchev–Trinajstić information content (AvgIpc) is 2.31. The first-order valence-electron chi connectivity index (χ1n) is 5.41. The summed E-state index contributed by atoms with van der Waals surface area (Å²) in [6, 6.07) is 4.76. The minimum atomic E-state index is -3.32. The van der Waals surface area contributed by atoms with Crippen LogP contribution in [0.25, 0.3) is 0 Å². The van der Waals surface area contributed by atoms with Gasteiger partial charge in [-0.25, -0.2) is 12.7 Å².